The number of hydrogen-bond donors (Lipinski definition) is 2. The average Bonchev–Trinajstić information content (AvgIpc) is 3.06. The SMILES string of the molecule is CCCCCCCC(=O)O[C@@H]1[C@H](OOCC(O)CO)O[C@H](COC(=O)CCCCC)[C@@H](OC(=O)CCCCC)[C@@H]1OC(=O)CCCCC. The number of carbonyl (C=O) groups excluding carboxylic acids is 4. The fourth-order valence-corrected chi connectivity index (χ4v) is 5.04. The van der Waals surface area contributed by atoms with Gasteiger partial charge in [-0.3, -0.25) is 19.2 Å². The summed E-state index contributed by atoms with van der Waals surface area (Å²) in [5.74, 6) is -2.27. The van der Waals surface area contributed by atoms with Gasteiger partial charge in [-0.2, -0.15) is 0 Å². The quantitative estimate of drug-likeness (QED) is 0.0352. The van der Waals surface area contributed by atoms with Crippen molar-refractivity contribution in [3.8, 4) is 0 Å². The van der Waals surface area contributed by atoms with Crippen molar-refractivity contribution in [1.82, 2.24) is 0 Å². The van der Waals surface area contributed by atoms with Crippen molar-refractivity contribution in [2.45, 2.75) is 180 Å². The molecule has 0 saturated carbocycles. The van der Waals surface area contributed by atoms with Crippen molar-refractivity contribution in [2.24, 2.45) is 0 Å². The Balaban J connectivity index is 3.42. The van der Waals surface area contributed by atoms with Crippen LogP contribution in [-0.2, 0) is 52.6 Å². The highest BCUT2D eigenvalue weighted by atomic mass is 17.2. The molecule has 0 aromatic rings. The molecule has 1 unspecified atom stereocenters. The number of unbranched alkanes of at least 4 members (excludes halogenated alkanes) is 10. The van der Waals surface area contributed by atoms with Crippen molar-refractivity contribution in [3.63, 3.8) is 0 Å². The fraction of sp³-hybridized carbons (Fsp3) is 0.886. The summed E-state index contributed by atoms with van der Waals surface area (Å²) < 4.78 is 29.2. The van der Waals surface area contributed by atoms with Crippen molar-refractivity contribution >= 4 is 23.9 Å². The van der Waals surface area contributed by atoms with Gasteiger partial charge in [-0.15, -0.1) is 0 Å². The van der Waals surface area contributed by atoms with Gasteiger partial charge in [-0.25, -0.2) is 9.78 Å². The molecule has 0 amide bonds. The minimum atomic E-state index is -1.53. The van der Waals surface area contributed by atoms with Crippen LogP contribution in [0.4, 0.5) is 0 Å². The lowest BCUT2D eigenvalue weighted by molar-refractivity contribution is -0.429. The number of ether oxygens (including phenoxy) is 5. The third-order valence-electron chi connectivity index (χ3n) is 7.87. The molecule has 13 heteroatoms. The summed E-state index contributed by atoms with van der Waals surface area (Å²) in [7, 11) is 0. The van der Waals surface area contributed by atoms with Gasteiger partial charge in [0, 0.05) is 25.7 Å². The monoisotopic (exact) mass is 690 g/mol. The Hall–Kier alpha value is -2.32. The normalized spacial score (nSPS) is 21.3. The van der Waals surface area contributed by atoms with Crippen LogP contribution in [0, 0.1) is 0 Å². The van der Waals surface area contributed by atoms with E-state index in [2.05, 4.69) is 6.92 Å². The van der Waals surface area contributed by atoms with E-state index in [1.54, 1.807) is 0 Å². The van der Waals surface area contributed by atoms with E-state index in [0.29, 0.717) is 25.7 Å². The maximum absolute atomic E-state index is 13.1. The van der Waals surface area contributed by atoms with E-state index < -0.39 is 73.9 Å². The van der Waals surface area contributed by atoms with Crippen molar-refractivity contribution < 1.29 is 62.9 Å². The molecule has 1 fully saturated rings. The zero-order valence-electron chi connectivity index (χ0n) is 29.7. The molecule has 1 aliphatic rings. The number of hydrogen-bond acceptors (Lipinski definition) is 13. The standard InChI is InChI=1S/C35H62O13/c1-5-9-13-14-18-22-31(41)47-34-33(46-30(40)21-17-12-8-4)32(45-29(39)20-16-11-7-3)27(25-42-28(38)19-15-10-6-2)44-35(34)48-43-24-26(37)23-36/h26-27,32-37H,5-25H2,1-4H3/t26?,27-,32-,33+,34+,35+/m1/s1. The molecule has 0 aliphatic carbocycles. The number of aliphatic hydroxyl groups is 2. The van der Waals surface area contributed by atoms with Crippen molar-refractivity contribution in [3.05, 3.63) is 0 Å². The predicted molar refractivity (Wildman–Crippen MR) is 175 cm³/mol. The summed E-state index contributed by atoms with van der Waals surface area (Å²) in [5, 5.41) is 19.0. The van der Waals surface area contributed by atoms with E-state index in [9.17, 15) is 29.4 Å². The third-order valence-corrected chi connectivity index (χ3v) is 7.87. The van der Waals surface area contributed by atoms with E-state index in [1.807, 2.05) is 20.8 Å². The summed E-state index contributed by atoms with van der Waals surface area (Å²) in [6, 6.07) is 0. The average molecular weight is 691 g/mol. The Morgan fingerprint density at radius 1 is 0.604 bits per heavy atom. The molecular formula is C35H62O13. The van der Waals surface area contributed by atoms with Crippen LogP contribution in [0.25, 0.3) is 0 Å². The molecule has 13 nitrogen and oxygen atoms in total. The molecule has 0 radical (unpaired) electrons. The van der Waals surface area contributed by atoms with Crippen LogP contribution in [0.2, 0.25) is 0 Å². The summed E-state index contributed by atoms with van der Waals surface area (Å²) in [4.78, 5) is 62.5. The lowest BCUT2D eigenvalue weighted by Gasteiger charge is -2.43. The van der Waals surface area contributed by atoms with Crippen LogP contribution >= 0.6 is 0 Å². The predicted octanol–water partition coefficient (Wildman–Crippen LogP) is 5.39. The first-order valence-electron chi connectivity index (χ1n) is 18.2. The fourth-order valence-electron chi connectivity index (χ4n) is 5.04. The Labute approximate surface area is 286 Å². The minimum Gasteiger partial charge on any atom is -0.463 e. The molecule has 48 heavy (non-hydrogen) atoms. The molecule has 1 heterocycles. The van der Waals surface area contributed by atoms with Crippen LogP contribution in [0.15, 0.2) is 0 Å². The first kappa shape index (κ1) is 43.7. The maximum atomic E-state index is 13.1. The lowest BCUT2D eigenvalue weighted by Crippen LogP contribution is -2.63. The summed E-state index contributed by atoms with van der Waals surface area (Å²) in [5.41, 5.74) is 0. The van der Waals surface area contributed by atoms with E-state index >= 15 is 0 Å². The van der Waals surface area contributed by atoms with Gasteiger partial charge >= 0.3 is 23.9 Å². The zero-order valence-corrected chi connectivity index (χ0v) is 29.7. The van der Waals surface area contributed by atoms with Gasteiger partial charge in [-0.1, -0.05) is 91.9 Å². The highest BCUT2D eigenvalue weighted by Gasteiger charge is 2.54. The van der Waals surface area contributed by atoms with Crippen LogP contribution in [0.3, 0.4) is 0 Å². The Morgan fingerprint density at radius 2 is 1.04 bits per heavy atom. The summed E-state index contributed by atoms with van der Waals surface area (Å²) in [6.07, 6.45) is 3.61. The first-order chi connectivity index (χ1) is 23.2. The number of carbonyl (C=O) groups is 4. The van der Waals surface area contributed by atoms with Crippen LogP contribution < -0.4 is 0 Å². The Morgan fingerprint density at radius 3 is 1.56 bits per heavy atom. The van der Waals surface area contributed by atoms with E-state index in [1.165, 1.54) is 0 Å². The molecule has 0 aromatic carbocycles. The molecule has 0 bridgehead atoms. The Kier molecular flexibility index (Phi) is 25.0. The molecule has 1 saturated heterocycles. The third kappa shape index (κ3) is 19.0. The minimum absolute atomic E-state index is 0.0717. The number of rotatable bonds is 28. The smallest absolute Gasteiger partial charge is 0.306 e. The van der Waals surface area contributed by atoms with Crippen LogP contribution in [0.1, 0.15) is 143 Å². The van der Waals surface area contributed by atoms with E-state index in [0.717, 1.165) is 64.2 Å². The van der Waals surface area contributed by atoms with Crippen LogP contribution in [0.5, 0.6) is 0 Å². The van der Waals surface area contributed by atoms with Gasteiger partial charge in [0.15, 0.2) is 18.3 Å². The molecular weight excluding hydrogens is 628 g/mol. The first-order valence-corrected chi connectivity index (χ1v) is 18.2. The zero-order chi connectivity index (χ0) is 35.6. The number of esters is 4. The summed E-state index contributed by atoms with van der Waals surface area (Å²) in [6.45, 7) is 6.68. The molecule has 280 valence electrons. The molecule has 6 atom stereocenters. The Bertz CT molecular complexity index is 883. The highest BCUT2D eigenvalue weighted by Crippen LogP contribution is 2.31. The number of aliphatic hydroxyl groups excluding tert-OH is 2. The van der Waals surface area contributed by atoms with Crippen LogP contribution in [-0.4, -0.2) is 90.7 Å². The second-order valence-electron chi connectivity index (χ2n) is 12.3. The highest BCUT2D eigenvalue weighted by molar-refractivity contribution is 5.72. The molecule has 1 rings (SSSR count). The van der Waals surface area contributed by atoms with Gasteiger partial charge < -0.3 is 33.9 Å². The molecule has 0 spiro atoms. The van der Waals surface area contributed by atoms with Gasteiger partial charge in [0.2, 0.25) is 6.29 Å². The van der Waals surface area contributed by atoms with Gasteiger partial charge in [-0.05, 0) is 25.7 Å². The summed E-state index contributed by atoms with van der Waals surface area (Å²) >= 11 is 0. The van der Waals surface area contributed by atoms with Gasteiger partial charge in [0.25, 0.3) is 0 Å². The van der Waals surface area contributed by atoms with Crippen molar-refractivity contribution in [2.75, 3.05) is 19.8 Å². The maximum Gasteiger partial charge on any atom is 0.306 e. The molecule has 2 N–H and O–H groups in total. The van der Waals surface area contributed by atoms with E-state index in [4.69, 9.17) is 33.5 Å². The second-order valence-corrected chi connectivity index (χ2v) is 12.3. The lowest BCUT2D eigenvalue weighted by atomic mass is 9.98. The topological polar surface area (TPSA) is 173 Å². The second kappa shape index (κ2) is 27.5. The van der Waals surface area contributed by atoms with Gasteiger partial charge in [0.05, 0.1) is 6.61 Å². The largest absolute Gasteiger partial charge is 0.463 e. The van der Waals surface area contributed by atoms with E-state index in [-0.39, 0.29) is 32.3 Å². The van der Waals surface area contributed by atoms with Gasteiger partial charge in [0.1, 0.15) is 25.4 Å². The molecule has 0 aromatic heterocycles. The van der Waals surface area contributed by atoms with Crippen molar-refractivity contribution in [1.29, 1.82) is 0 Å². The molecule has 1 aliphatic heterocycles.